The molecule has 2 atom stereocenters. The molecule has 1 aromatic rings. The van der Waals surface area contributed by atoms with E-state index in [1.807, 2.05) is 6.92 Å². The lowest BCUT2D eigenvalue weighted by atomic mass is 9.92. The summed E-state index contributed by atoms with van der Waals surface area (Å²) in [6.45, 7) is 2.32. The van der Waals surface area contributed by atoms with E-state index >= 15 is 0 Å². The van der Waals surface area contributed by atoms with Crippen LogP contribution in [-0.2, 0) is 4.79 Å². The van der Waals surface area contributed by atoms with E-state index in [9.17, 15) is 14.9 Å². The van der Waals surface area contributed by atoms with Gasteiger partial charge in [-0.05, 0) is 13.0 Å². The first-order valence-corrected chi connectivity index (χ1v) is 6.28. The lowest BCUT2D eigenvalue weighted by Gasteiger charge is -2.28. The van der Waals surface area contributed by atoms with Crippen molar-refractivity contribution in [3.63, 3.8) is 0 Å². The number of amides is 1. The van der Waals surface area contributed by atoms with Crippen molar-refractivity contribution in [1.82, 2.24) is 5.32 Å². The number of rotatable bonds is 4. The number of carbonyl (C=O) groups excluding carboxylic acids is 1. The van der Waals surface area contributed by atoms with Gasteiger partial charge < -0.3 is 10.1 Å². The van der Waals surface area contributed by atoms with E-state index in [0.717, 1.165) is 0 Å². The molecule has 0 spiro atoms. The van der Waals surface area contributed by atoms with Crippen LogP contribution >= 0.6 is 0 Å². The molecule has 6 heteroatoms. The summed E-state index contributed by atoms with van der Waals surface area (Å²) < 4.78 is 5.48. The maximum absolute atomic E-state index is 11.5. The number of ether oxygens (including phenoxy) is 1. The van der Waals surface area contributed by atoms with Crippen LogP contribution in [-0.4, -0.2) is 23.5 Å². The van der Waals surface area contributed by atoms with Crippen LogP contribution in [0.5, 0.6) is 5.75 Å². The summed E-state index contributed by atoms with van der Waals surface area (Å²) in [7, 11) is 0. The molecule has 1 amide bonds. The average molecular weight is 264 g/mol. The third-order valence-electron chi connectivity index (χ3n) is 3.19. The van der Waals surface area contributed by atoms with Crippen molar-refractivity contribution in [3.8, 4) is 5.75 Å². The molecule has 1 N–H and O–H groups in total. The maximum atomic E-state index is 11.5. The zero-order valence-corrected chi connectivity index (χ0v) is 10.7. The molecule has 1 saturated heterocycles. The van der Waals surface area contributed by atoms with Crippen molar-refractivity contribution in [2.45, 2.75) is 31.8 Å². The number of carbonyl (C=O) groups is 1. The van der Waals surface area contributed by atoms with Crippen LogP contribution in [0, 0.1) is 10.1 Å². The summed E-state index contributed by atoms with van der Waals surface area (Å²) in [5.41, 5.74) is 0.666. The molecule has 2 rings (SSSR count). The summed E-state index contributed by atoms with van der Waals surface area (Å²) in [6.07, 6.45) is 0.447. The van der Waals surface area contributed by atoms with Gasteiger partial charge in [-0.1, -0.05) is 18.2 Å². The van der Waals surface area contributed by atoms with Crippen LogP contribution in [0.1, 0.15) is 31.4 Å². The molecule has 102 valence electrons. The van der Waals surface area contributed by atoms with Crippen LogP contribution in [0.2, 0.25) is 0 Å². The molecule has 6 nitrogen and oxygen atoms in total. The fourth-order valence-corrected chi connectivity index (χ4v) is 2.32. The van der Waals surface area contributed by atoms with Crippen molar-refractivity contribution >= 4 is 5.91 Å². The SMILES string of the molecule is CCOc1ccccc1[C@H]1NC(=O)CC[C@H]1[N+](=O)[O-]. The molecule has 0 saturated carbocycles. The van der Waals surface area contributed by atoms with E-state index in [0.29, 0.717) is 17.9 Å². The Labute approximate surface area is 110 Å². The summed E-state index contributed by atoms with van der Waals surface area (Å²) >= 11 is 0. The van der Waals surface area contributed by atoms with E-state index in [2.05, 4.69) is 5.32 Å². The van der Waals surface area contributed by atoms with Gasteiger partial charge in [0.2, 0.25) is 11.9 Å². The van der Waals surface area contributed by atoms with Gasteiger partial charge in [0.1, 0.15) is 11.8 Å². The molecular weight excluding hydrogens is 248 g/mol. The molecule has 1 heterocycles. The maximum Gasteiger partial charge on any atom is 0.237 e. The predicted molar refractivity (Wildman–Crippen MR) is 68.5 cm³/mol. The largest absolute Gasteiger partial charge is 0.494 e. The second-order valence-corrected chi connectivity index (χ2v) is 4.41. The first-order valence-electron chi connectivity index (χ1n) is 6.28. The smallest absolute Gasteiger partial charge is 0.237 e. The Balaban J connectivity index is 2.35. The van der Waals surface area contributed by atoms with Crippen molar-refractivity contribution in [2.24, 2.45) is 0 Å². The zero-order chi connectivity index (χ0) is 13.8. The second-order valence-electron chi connectivity index (χ2n) is 4.41. The number of piperidine rings is 1. The fourth-order valence-electron chi connectivity index (χ4n) is 2.32. The lowest BCUT2D eigenvalue weighted by Crippen LogP contribution is -2.45. The number of hydrogen-bond donors (Lipinski definition) is 1. The van der Waals surface area contributed by atoms with Crippen molar-refractivity contribution in [1.29, 1.82) is 0 Å². The van der Waals surface area contributed by atoms with E-state index in [4.69, 9.17) is 4.74 Å². The van der Waals surface area contributed by atoms with Crippen LogP contribution in [0.15, 0.2) is 24.3 Å². The highest BCUT2D eigenvalue weighted by Crippen LogP contribution is 2.32. The average Bonchev–Trinajstić information content (AvgIpc) is 2.39. The predicted octanol–water partition coefficient (Wildman–Crippen LogP) is 1.68. The standard InChI is InChI=1S/C13H16N2O4/c1-2-19-11-6-4-3-5-9(11)13-10(15(17)18)7-8-12(16)14-13/h3-6,10,13H,2,7-8H2,1H3,(H,14,16)/t10-,13-/m1/s1. The highest BCUT2D eigenvalue weighted by Gasteiger charge is 2.39. The van der Waals surface area contributed by atoms with Crippen molar-refractivity contribution in [2.75, 3.05) is 6.61 Å². The molecule has 19 heavy (non-hydrogen) atoms. The lowest BCUT2D eigenvalue weighted by molar-refractivity contribution is -0.529. The minimum absolute atomic E-state index is 0.158. The van der Waals surface area contributed by atoms with Gasteiger partial charge in [-0.2, -0.15) is 0 Å². The van der Waals surface area contributed by atoms with Gasteiger partial charge in [0.15, 0.2) is 0 Å². The highest BCUT2D eigenvalue weighted by molar-refractivity contribution is 5.77. The minimum Gasteiger partial charge on any atom is -0.494 e. The number of nitrogens with one attached hydrogen (secondary N) is 1. The first-order chi connectivity index (χ1) is 9.13. The normalized spacial score (nSPS) is 22.7. The third kappa shape index (κ3) is 2.83. The Morgan fingerprint density at radius 2 is 2.21 bits per heavy atom. The topological polar surface area (TPSA) is 81.5 Å². The Kier molecular flexibility index (Phi) is 3.99. The van der Waals surface area contributed by atoms with Gasteiger partial charge in [0.05, 0.1) is 6.61 Å². The first kappa shape index (κ1) is 13.3. The molecule has 0 bridgehead atoms. The fraction of sp³-hybridized carbons (Fsp3) is 0.462. The molecule has 0 aliphatic carbocycles. The summed E-state index contributed by atoms with van der Waals surface area (Å²) in [5.74, 6) is 0.429. The molecular formula is C13H16N2O4. The number of para-hydroxylation sites is 1. The van der Waals surface area contributed by atoms with E-state index in [-0.39, 0.29) is 23.7 Å². The van der Waals surface area contributed by atoms with Gasteiger partial charge in [-0.25, -0.2) is 0 Å². The van der Waals surface area contributed by atoms with Gasteiger partial charge in [0, 0.05) is 23.3 Å². The van der Waals surface area contributed by atoms with Crippen molar-refractivity contribution < 1.29 is 14.5 Å². The van der Waals surface area contributed by atoms with E-state index < -0.39 is 12.1 Å². The Morgan fingerprint density at radius 1 is 1.47 bits per heavy atom. The van der Waals surface area contributed by atoms with Gasteiger partial charge >= 0.3 is 0 Å². The Bertz CT molecular complexity index is 489. The molecule has 0 radical (unpaired) electrons. The number of hydrogen-bond acceptors (Lipinski definition) is 4. The summed E-state index contributed by atoms with van der Waals surface area (Å²) in [5, 5.41) is 13.8. The highest BCUT2D eigenvalue weighted by atomic mass is 16.6. The van der Waals surface area contributed by atoms with Crippen LogP contribution in [0.25, 0.3) is 0 Å². The minimum atomic E-state index is -0.806. The van der Waals surface area contributed by atoms with Gasteiger partial charge in [0.25, 0.3) is 0 Å². The molecule has 1 aliphatic rings. The molecule has 1 aromatic carbocycles. The second kappa shape index (κ2) is 5.69. The molecule has 1 fully saturated rings. The monoisotopic (exact) mass is 264 g/mol. The number of nitro groups is 1. The van der Waals surface area contributed by atoms with Crippen LogP contribution < -0.4 is 10.1 Å². The van der Waals surface area contributed by atoms with E-state index in [1.54, 1.807) is 24.3 Å². The van der Waals surface area contributed by atoms with E-state index in [1.165, 1.54) is 0 Å². The Hall–Kier alpha value is -2.11. The third-order valence-corrected chi connectivity index (χ3v) is 3.19. The summed E-state index contributed by atoms with van der Waals surface area (Å²) in [4.78, 5) is 22.3. The zero-order valence-electron chi connectivity index (χ0n) is 10.7. The molecule has 1 aliphatic heterocycles. The molecule has 0 unspecified atom stereocenters. The number of nitrogens with zero attached hydrogens (tertiary/aromatic N) is 1. The summed E-state index contributed by atoms with van der Waals surface area (Å²) in [6, 6.07) is 5.68. The molecule has 0 aromatic heterocycles. The Morgan fingerprint density at radius 3 is 2.89 bits per heavy atom. The van der Waals surface area contributed by atoms with Crippen molar-refractivity contribution in [3.05, 3.63) is 39.9 Å². The number of benzene rings is 1. The van der Waals surface area contributed by atoms with Crippen LogP contribution in [0.4, 0.5) is 0 Å². The van der Waals surface area contributed by atoms with Gasteiger partial charge in [-0.15, -0.1) is 0 Å². The quantitative estimate of drug-likeness (QED) is 0.662. The van der Waals surface area contributed by atoms with Crippen LogP contribution in [0.3, 0.4) is 0 Å². The van der Waals surface area contributed by atoms with Gasteiger partial charge in [-0.3, -0.25) is 14.9 Å².